The highest BCUT2D eigenvalue weighted by atomic mass is 16.9. The molecule has 0 atom stereocenters. The van der Waals surface area contributed by atoms with Gasteiger partial charge in [0.05, 0.1) is 14.2 Å². The third-order valence-electron chi connectivity index (χ3n) is 3.22. The molecule has 2 amide bonds. The monoisotopic (exact) mass is 360 g/mol. The van der Waals surface area contributed by atoms with E-state index in [1.165, 1.54) is 0 Å². The summed E-state index contributed by atoms with van der Waals surface area (Å²) in [5.41, 5.74) is 1.57. The van der Waals surface area contributed by atoms with E-state index >= 15 is 0 Å². The summed E-state index contributed by atoms with van der Waals surface area (Å²) in [5.74, 6) is 0. The molecule has 0 unspecified atom stereocenters. The third kappa shape index (κ3) is 5.47. The maximum Gasteiger partial charge on any atom is 0.456 e. The van der Waals surface area contributed by atoms with Crippen LogP contribution < -0.4 is 0 Å². The minimum atomic E-state index is -0.945. The number of ether oxygens (including phenoxy) is 2. The Kier molecular flexibility index (Phi) is 7.41. The van der Waals surface area contributed by atoms with Gasteiger partial charge in [-0.1, -0.05) is 71.0 Å². The lowest BCUT2D eigenvalue weighted by Crippen LogP contribution is -2.49. The van der Waals surface area contributed by atoms with Gasteiger partial charge in [-0.15, -0.1) is 0 Å². The van der Waals surface area contributed by atoms with Crippen molar-refractivity contribution in [2.45, 2.75) is 13.2 Å². The van der Waals surface area contributed by atoms with Crippen molar-refractivity contribution in [1.29, 1.82) is 0 Å². The van der Waals surface area contributed by atoms with E-state index in [1.807, 2.05) is 60.7 Å². The van der Waals surface area contributed by atoms with Crippen molar-refractivity contribution in [1.82, 2.24) is 10.3 Å². The average molecular weight is 360 g/mol. The van der Waals surface area contributed by atoms with Crippen LogP contribution in [0.3, 0.4) is 0 Å². The Hall–Kier alpha value is -3.10. The lowest BCUT2D eigenvalue weighted by Gasteiger charge is -2.29. The molecule has 0 bridgehead atoms. The molecule has 0 radical (unpaired) electrons. The summed E-state index contributed by atoms with van der Waals surface area (Å²) >= 11 is 0. The normalized spacial score (nSPS) is 10.1. The maximum absolute atomic E-state index is 12.1. The van der Waals surface area contributed by atoms with Crippen molar-refractivity contribution >= 4 is 12.2 Å². The van der Waals surface area contributed by atoms with E-state index in [4.69, 9.17) is 9.68 Å². The van der Waals surface area contributed by atoms with Crippen LogP contribution in [-0.2, 0) is 32.4 Å². The van der Waals surface area contributed by atoms with Gasteiger partial charge in [0, 0.05) is 0 Å². The third-order valence-corrected chi connectivity index (χ3v) is 3.22. The van der Waals surface area contributed by atoms with Crippen molar-refractivity contribution in [3.63, 3.8) is 0 Å². The van der Waals surface area contributed by atoms with Gasteiger partial charge in [-0.25, -0.2) is 19.3 Å². The largest absolute Gasteiger partial charge is 0.456 e. The summed E-state index contributed by atoms with van der Waals surface area (Å²) in [5, 5.41) is 1.14. The first-order chi connectivity index (χ1) is 12.7. The Bertz CT molecular complexity index is 634. The lowest BCUT2D eigenvalue weighted by molar-refractivity contribution is -0.364. The number of benzene rings is 2. The SMILES string of the molecule is COC(=O)N(OCc1ccccc1)N(OCc1ccccc1)C(=O)OC. The number of carbonyl (C=O) groups is 2. The number of amides is 2. The summed E-state index contributed by atoms with van der Waals surface area (Å²) in [6.45, 7) is 0.0241. The van der Waals surface area contributed by atoms with Gasteiger partial charge in [0.15, 0.2) is 0 Å². The van der Waals surface area contributed by atoms with Crippen LogP contribution in [0.25, 0.3) is 0 Å². The Morgan fingerprint density at radius 1 is 0.692 bits per heavy atom. The molecule has 0 spiro atoms. The number of rotatable bonds is 6. The van der Waals surface area contributed by atoms with E-state index < -0.39 is 12.2 Å². The van der Waals surface area contributed by atoms with E-state index in [1.54, 1.807) is 0 Å². The number of hydrogen-bond acceptors (Lipinski definition) is 6. The van der Waals surface area contributed by atoms with Crippen molar-refractivity contribution in [3.05, 3.63) is 71.8 Å². The molecule has 2 aromatic carbocycles. The summed E-state index contributed by atoms with van der Waals surface area (Å²) in [7, 11) is 2.32. The highest BCUT2D eigenvalue weighted by Crippen LogP contribution is 2.12. The molecule has 26 heavy (non-hydrogen) atoms. The number of methoxy groups -OCH3 is 2. The molecule has 8 nitrogen and oxygen atoms in total. The zero-order valence-electron chi connectivity index (χ0n) is 14.5. The van der Waals surface area contributed by atoms with Crippen LogP contribution in [0.4, 0.5) is 9.59 Å². The Morgan fingerprint density at radius 2 is 1.04 bits per heavy atom. The van der Waals surface area contributed by atoms with Gasteiger partial charge in [0.2, 0.25) is 0 Å². The second-order valence-electron chi connectivity index (χ2n) is 5.00. The quantitative estimate of drug-likeness (QED) is 0.736. The van der Waals surface area contributed by atoms with Gasteiger partial charge in [0.25, 0.3) is 0 Å². The molecule has 138 valence electrons. The summed E-state index contributed by atoms with van der Waals surface area (Å²) in [4.78, 5) is 34.9. The standard InChI is InChI=1S/C18H20N2O6/c1-23-17(21)19(25-13-15-9-5-3-6-10-15)20(18(22)24-2)26-14-16-11-7-4-8-12-16/h3-12H,13-14H2,1-2H3. The number of hydrogen-bond donors (Lipinski definition) is 0. The van der Waals surface area contributed by atoms with Crippen molar-refractivity contribution < 1.29 is 28.7 Å². The average Bonchev–Trinajstić information content (AvgIpc) is 2.70. The first kappa shape index (κ1) is 19.2. The molecule has 0 saturated carbocycles. The minimum Gasteiger partial charge on any atom is -0.450 e. The molecule has 0 N–H and O–H groups in total. The van der Waals surface area contributed by atoms with Gasteiger partial charge in [-0.05, 0) is 11.1 Å². The molecular formula is C18H20N2O6. The first-order valence-electron chi connectivity index (χ1n) is 7.75. The fraction of sp³-hybridized carbons (Fsp3) is 0.222. The van der Waals surface area contributed by atoms with Crippen LogP contribution in [-0.4, -0.2) is 36.8 Å². The van der Waals surface area contributed by atoms with Crippen LogP contribution in [0.15, 0.2) is 60.7 Å². The minimum absolute atomic E-state index is 0.0120. The molecule has 0 aromatic heterocycles. The molecule has 8 heteroatoms. The van der Waals surface area contributed by atoms with E-state index in [9.17, 15) is 9.59 Å². The molecule has 0 aliphatic rings. The molecule has 0 fully saturated rings. The van der Waals surface area contributed by atoms with Crippen molar-refractivity contribution in [3.8, 4) is 0 Å². The fourth-order valence-electron chi connectivity index (χ4n) is 1.93. The molecule has 0 aliphatic heterocycles. The summed E-state index contributed by atoms with van der Waals surface area (Å²) in [6.07, 6.45) is -1.89. The second-order valence-corrected chi connectivity index (χ2v) is 5.00. The summed E-state index contributed by atoms with van der Waals surface area (Å²) < 4.78 is 9.32. The second kappa shape index (κ2) is 10.0. The van der Waals surface area contributed by atoms with Gasteiger partial charge in [-0.3, -0.25) is 0 Å². The van der Waals surface area contributed by atoms with E-state index in [2.05, 4.69) is 9.47 Å². The molecule has 0 saturated heterocycles. The van der Waals surface area contributed by atoms with Crippen LogP contribution in [0.1, 0.15) is 11.1 Å². The molecule has 2 aromatic rings. The van der Waals surface area contributed by atoms with Crippen LogP contribution in [0, 0.1) is 0 Å². The lowest BCUT2D eigenvalue weighted by atomic mass is 10.2. The first-order valence-corrected chi connectivity index (χ1v) is 7.75. The van der Waals surface area contributed by atoms with E-state index in [-0.39, 0.29) is 13.2 Å². The molecular weight excluding hydrogens is 340 g/mol. The van der Waals surface area contributed by atoms with Crippen molar-refractivity contribution in [2.24, 2.45) is 0 Å². The van der Waals surface area contributed by atoms with Gasteiger partial charge < -0.3 is 9.47 Å². The zero-order valence-corrected chi connectivity index (χ0v) is 14.5. The van der Waals surface area contributed by atoms with Crippen LogP contribution >= 0.6 is 0 Å². The number of nitrogens with zero attached hydrogens (tertiary/aromatic N) is 2. The molecule has 0 heterocycles. The fourth-order valence-corrected chi connectivity index (χ4v) is 1.93. The predicted octanol–water partition coefficient (Wildman–Crippen LogP) is 3.30. The smallest absolute Gasteiger partial charge is 0.450 e. The Morgan fingerprint density at radius 3 is 1.35 bits per heavy atom. The predicted molar refractivity (Wildman–Crippen MR) is 91.0 cm³/mol. The van der Waals surface area contributed by atoms with Crippen LogP contribution in [0.2, 0.25) is 0 Å². The number of hydrazine groups is 1. The summed E-state index contributed by atoms with van der Waals surface area (Å²) in [6, 6.07) is 18.2. The van der Waals surface area contributed by atoms with E-state index in [0.29, 0.717) is 10.3 Å². The zero-order chi connectivity index (χ0) is 18.8. The highest BCUT2D eigenvalue weighted by molar-refractivity contribution is 5.72. The van der Waals surface area contributed by atoms with Crippen LogP contribution in [0.5, 0.6) is 0 Å². The molecule has 2 rings (SSSR count). The molecule has 0 aliphatic carbocycles. The highest BCUT2D eigenvalue weighted by Gasteiger charge is 2.31. The number of carbonyl (C=O) groups excluding carboxylic acids is 2. The Balaban J connectivity index is 2.12. The Labute approximate surface area is 151 Å². The van der Waals surface area contributed by atoms with E-state index in [0.717, 1.165) is 25.3 Å². The van der Waals surface area contributed by atoms with Gasteiger partial charge >= 0.3 is 12.2 Å². The maximum atomic E-state index is 12.1. The topological polar surface area (TPSA) is 77.5 Å². The van der Waals surface area contributed by atoms with Gasteiger partial charge in [0.1, 0.15) is 13.2 Å². The van der Waals surface area contributed by atoms with Crippen molar-refractivity contribution in [2.75, 3.05) is 14.2 Å². The van der Waals surface area contributed by atoms with Gasteiger partial charge in [-0.2, -0.15) is 0 Å². The number of hydroxylamine groups is 2.